The van der Waals surface area contributed by atoms with Crippen LogP contribution in [0.15, 0.2) is 0 Å². The molecule has 0 spiro atoms. The van der Waals surface area contributed by atoms with Crippen LogP contribution in [0.25, 0.3) is 0 Å². The Morgan fingerprint density at radius 2 is 1.29 bits per heavy atom. The summed E-state index contributed by atoms with van der Waals surface area (Å²) in [5, 5.41) is 8.93. The molecular formula is C2H5Cl2MgOTi+3. The fourth-order valence-corrected chi connectivity index (χ4v) is 0. The Morgan fingerprint density at radius 1 is 1.29 bits per heavy atom. The maximum absolute atomic E-state index is 8.93. The van der Waals surface area contributed by atoms with Gasteiger partial charge in [-0.1, -0.05) is 6.92 Å². The van der Waals surface area contributed by atoms with E-state index >= 15 is 0 Å². The third-order valence-corrected chi connectivity index (χ3v) is 0. The number of hydrogen-bond acceptors (Lipinski definition) is 1. The summed E-state index contributed by atoms with van der Waals surface area (Å²) in [5.41, 5.74) is 0. The van der Waals surface area contributed by atoms with Crippen LogP contribution in [0.3, 0.4) is 0 Å². The van der Waals surface area contributed by atoms with Crippen LogP contribution >= 0.6 is 0 Å². The molecule has 0 aromatic heterocycles. The molecule has 0 N–H and O–H groups in total. The Balaban J connectivity index is -0.00000000333. The molecule has 0 bridgehead atoms. The van der Waals surface area contributed by atoms with Gasteiger partial charge in [-0.3, -0.25) is 0 Å². The van der Waals surface area contributed by atoms with Gasteiger partial charge in [0, 0.05) is 0 Å². The largest absolute Gasteiger partial charge is 4.00 e. The first kappa shape index (κ1) is 35.9. The summed E-state index contributed by atoms with van der Waals surface area (Å²) in [6, 6.07) is 0. The van der Waals surface area contributed by atoms with E-state index < -0.39 is 0 Å². The van der Waals surface area contributed by atoms with Crippen molar-refractivity contribution in [1.29, 1.82) is 0 Å². The van der Waals surface area contributed by atoms with Gasteiger partial charge >= 0.3 is 44.8 Å². The molecule has 0 rings (SSSR count). The van der Waals surface area contributed by atoms with E-state index in [2.05, 4.69) is 0 Å². The first-order valence-electron chi connectivity index (χ1n) is 0.996. The third-order valence-electron chi connectivity index (χ3n) is 0. The SMILES string of the molecule is CC[O-].[Cl-].[Cl-].[Mg+2].[Ti+4]. The molecule has 0 fully saturated rings. The van der Waals surface area contributed by atoms with E-state index in [-0.39, 0.29) is 76.2 Å². The third kappa shape index (κ3) is 71.2. The quantitative estimate of drug-likeness (QED) is 0.346. The van der Waals surface area contributed by atoms with Crippen molar-refractivity contribution < 1.29 is 51.6 Å². The van der Waals surface area contributed by atoms with Crippen molar-refractivity contribution in [3.63, 3.8) is 0 Å². The van der Waals surface area contributed by atoms with Gasteiger partial charge in [-0.15, -0.1) is 6.61 Å². The van der Waals surface area contributed by atoms with Gasteiger partial charge in [0.25, 0.3) is 0 Å². The van der Waals surface area contributed by atoms with Gasteiger partial charge in [0.1, 0.15) is 0 Å². The Morgan fingerprint density at radius 3 is 1.29 bits per heavy atom. The topological polar surface area (TPSA) is 23.1 Å². The van der Waals surface area contributed by atoms with Crippen molar-refractivity contribution in [1.82, 2.24) is 0 Å². The molecule has 0 heterocycles. The van der Waals surface area contributed by atoms with E-state index in [1.165, 1.54) is 0 Å². The van der Waals surface area contributed by atoms with Gasteiger partial charge in [-0.25, -0.2) is 0 Å². The molecule has 0 atom stereocenters. The van der Waals surface area contributed by atoms with Crippen LogP contribution in [-0.2, 0) is 21.7 Å². The number of hydrogen-bond donors (Lipinski definition) is 0. The second-order valence-electron chi connectivity index (χ2n) is 0.289. The molecule has 0 unspecified atom stereocenters. The molecule has 0 saturated heterocycles. The molecule has 0 aliphatic carbocycles. The average molecular weight is 188 g/mol. The van der Waals surface area contributed by atoms with Gasteiger partial charge in [0.15, 0.2) is 0 Å². The van der Waals surface area contributed by atoms with Crippen LogP contribution in [0.2, 0.25) is 0 Å². The summed E-state index contributed by atoms with van der Waals surface area (Å²) in [5.74, 6) is 0. The second kappa shape index (κ2) is 43.3. The van der Waals surface area contributed by atoms with Gasteiger partial charge in [0.05, 0.1) is 0 Å². The van der Waals surface area contributed by atoms with Gasteiger partial charge in [0.2, 0.25) is 0 Å². The molecule has 0 aromatic carbocycles. The number of rotatable bonds is 0. The average Bonchev–Trinajstić information content (AvgIpc) is 0.918. The van der Waals surface area contributed by atoms with Crippen molar-refractivity contribution >= 4 is 23.1 Å². The van der Waals surface area contributed by atoms with E-state index in [1.807, 2.05) is 0 Å². The summed E-state index contributed by atoms with van der Waals surface area (Å²) < 4.78 is 0. The van der Waals surface area contributed by atoms with Crippen LogP contribution in [0.4, 0.5) is 0 Å². The van der Waals surface area contributed by atoms with Crippen molar-refractivity contribution in [2.24, 2.45) is 0 Å². The van der Waals surface area contributed by atoms with E-state index in [0.717, 1.165) is 0 Å². The summed E-state index contributed by atoms with van der Waals surface area (Å²) >= 11 is 0. The van der Waals surface area contributed by atoms with Gasteiger partial charge < -0.3 is 29.9 Å². The van der Waals surface area contributed by atoms with E-state index in [9.17, 15) is 0 Å². The zero-order chi connectivity index (χ0) is 2.71. The maximum Gasteiger partial charge on any atom is 4.00 e. The number of halogens is 2. The standard InChI is InChI=1S/C2H5O.2ClH.Mg.Ti/c1-2-3;;;;/h2H2,1H3;2*1H;;/q-1;;;+2;+4/p-2. The fourth-order valence-electron chi connectivity index (χ4n) is 0. The maximum atomic E-state index is 8.93. The Bertz CT molecular complexity index is 15.7. The fraction of sp³-hybridized carbons (Fsp3) is 1.00. The second-order valence-corrected chi connectivity index (χ2v) is 0.289. The molecule has 5 heteroatoms. The molecular weight excluding hydrogens is 183 g/mol. The van der Waals surface area contributed by atoms with Crippen LogP contribution in [0.1, 0.15) is 6.92 Å². The van der Waals surface area contributed by atoms with E-state index in [0.29, 0.717) is 0 Å². The predicted molar refractivity (Wildman–Crippen MR) is 16.3 cm³/mol. The van der Waals surface area contributed by atoms with Crippen molar-refractivity contribution in [3.8, 4) is 0 Å². The molecule has 7 heavy (non-hydrogen) atoms. The van der Waals surface area contributed by atoms with E-state index in [1.54, 1.807) is 6.92 Å². The molecule has 1 nitrogen and oxygen atoms in total. The van der Waals surface area contributed by atoms with Crippen molar-refractivity contribution in [2.45, 2.75) is 6.92 Å². The van der Waals surface area contributed by atoms with Crippen LogP contribution in [0.5, 0.6) is 0 Å². The minimum atomic E-state index is 0. The van der Waals surface area contributed by atoms with Crippen LogP contribution < -0.4 is 29.9 Å². The molecule has 36 valence electrons. The minimum Gasteiger partial charge on any atom is -1.00 e. The summed E-state index contributed by atoms with van der Waals surface area (Å²) in [6.45, 7) is 1.57. The van der Waals surface area contributed by atoms with E-state index in [4.69, 9.17) is 5.11 Å². The first-order chi connectivity index (χ1) is 1.41. The summed E-state index contributed by atoms with van der Waals surface area (Å²) in [6.07, 6.45) is 0. The molecule has 0 aliphatic rings. The molecule has 0 amide bonds. The van der Waals surface area contributed by atoms with Gasteiger partial charge in [-0.2, -0.15) is 0 Å². The normalized spacial score (nSPS) is 2.57. The Hall–Kier alpha value is 2.02. The monoisotopic (exact) mass is 187 g/mol. The summed E-state index contributed by atoms with van der Waals surface area (Å²) in [7, 11) is 0. The molecule has 0 aliphatic heterocycles. The smallest absolute Gasteiger partial charge is 1.00 e. The van der Waals surface area contributed by atoms with Crippen LogP contribution in [0, 0.1) is 0 Å². The summed E-state index contributed by atoms with van der Waals surface area (Å²) in [4.78, 5) is 0. The Labute approximate surface area is 87.5 Å². The van der Waals surface area contributed by atoms with Crippen molar-refractivity contribution in [2.75, 3.05) is 6.61 Å². The van der Waals surface area contributed by atoms with Crippen LogP contribution in [-0.4, -0.2) is 29.7 Å². The zero-order valence-electron chi connectivity index (χ0n) is 4.08. The van der Waals surface area contributed by atoms with Gasteiger partial charge in [-0.05, 0) is 0 Å². The predicted octanol–water partition coefficient (Wildman–Crippen LogP) is -7.01. The molecule has 0 aromatic rings. The first-order valence-corrected chi connectivity index (χ1v) is 0.996. The molecule has 0 saturated carbocycles. The Kier molecular flexibility index (Phi) is 222. The minimum absolute atomic E-state index is 0. The molecule has 0 radical (unpaired) electrons. The van der Waals surface area contributed by atoms with Crippen molar-refractivity contribution in [3.05, 3.63) is 0 Å². The zero-order valence-corrected chi connectivity index (χ0v) is 8.57.